The summed E-state index contributed by atoms with van der Waals surface area (Å²) in [5.41, 5.74) is 2.07. The van der Waals surface area contributed by atoms with E-state index in [4.69, 9.17) is 9.47 Å². The number of phenols is 1. The number of phenolic OH excluding ortho intramolecular Hbond substituents is 1. The number of thioether (sulfide) groups is 1. The molecule has 0 bridgehead atoms. The summed E-state index contributed by atoms with van der Waals surface area (Å²) in [6.45, 7) is 0.613. The number of carbonyl (C=O) groups excluding carboxylic acids is 1. The summed E-state index contributed by atoms with van der Waals surface area (Å²) in [6, 6.07) is 10.9. The van der Waals surface area contributed by atoms with Crippen LogP contribution in [0.1, 0.15) is 16.5 Å². The Bertz CT molecular complexity index is 797. The van der Waals surface area contributed by atoms with Crippen LogP contribution in [0.5, 0.6) is 17.2 Å². The average Bonchev–Trinajstić information content (AvgIpc) is 3.01. The van der Waals surface area contributed by atoms with E-state index in [1.54, 1.807) is 38.1 Å². The number of halogens is 1. The van der Waals surface area contributed by atoms with Gasteiger partial charge in [-0.05, 0) is 36.2 Å². The molecule has 0 aromatic heterocycles. The van der Waals surface area contributed by atoms with Crippen molar-refractivity contribution in [1.82, 2.24) is 4.90 Å². The second-order valence-electron chi connectivity index (χ2n) is 5.90. The molecule has 2 aromatic carbocycles. The van der Waals surface area contributed by atoms with Gasteiger partial charge in [0, 0.05) is 16.6 Å². The summed E-state index contributed by atoms with van der Waals surface area (Å²) >= 11 is 5.20. The van der Waals surface area contributed by atoms with Gasteiger partial charge in [0.15, 0.2) is 11.5 Å². The molecule has 7 heteroatoms. The highest BCUT2D eigenvalue weighted by Gasteiger charge is 2.34. The monoisotopic (exact) mass is 437 g/mol. The summed E-state index contributed by atoms with van der Waals surface area (Å²) in [5.74, 6) is 2.12. The quantitative estimate of drug-likeness (QED) is 0.739. The predicted octanol–water partition coefficient (Wildman–Crippen LogP) is 3.99. The topological polar surface area (TPSA) is 59.0 Å². The fourth-order valence-corrected chi connectivity index (χ4v) is 4.86. The van der Waals surface area contributed by atoms with Gasteiger partial charge in [-0.3, -0.25) is 4.79 Å². The Balaban J connectivity index is 1.82. The molecule has 1 N–H and O–H groups in total. The Morgan fingerprint density at radius 3 is 2.50 bits per heavy atom. The van der Waals surface area contributed by atoms with Crippen LogP contribution in [-0.4, -0.2) is 42.4 Å². The highest BCUT2D eigenvalue weighted by atomic mass is 79.9. The van der Waals surface area contributed by atoms with Gasteiger partial charge in [0.05, 0.1) is 20.0 Å². The fourth-order valence-electron chi connectivity index (χ4n) is 2.92. The normalized spacial score (nSPS) is 16.8. The zero-order valence-electron chi connectivity index (χ0n) is 14.6. The number of methoxy groups -OCH3 is 2. The van der Waals surface area contributed by atoms with Crippen molar-refractivity contribution in [3.8, 4) is 17.2 Å². The van der Waals surface area contributed by atoms with Crippen LogP contribution >= 0.6 is 27.7 Å². The number of rotatable bonds is 6. The smallest absolute Gasteiger partial charge is 0.233 e. The molecule has 3 rings (SSSR count). The van der Waals surface area contributed by atoms with Gasteiger partial charge in [0.25, 0.3) is 0 Å². The van der Waals surface area contributed by atoms with E-state index in [1.165, 1.54) is 0 Å². The third-order valence-corrected chi connectivity index (χ3v) is 6.24. The number of hydrogen-bond donors (Lipinski definition) is 1. The molecule has 1 atom stereocenters. The zero-order valence-corrected chi connectivity index (χ0v) is 17.0. The lowest BCUT2D eigenvalue weighted by molar-refractivity contribution is -0.128. The van der Waals surface area contributed by atoms with Crippen LogP contribution < -0.4 is 9.47 Å². The Hall–Kier alpha value is -1.86. The van der Waals surface area contributed by atoms with Crippen molar-refractivity contribution in [3.63, 3.8) is 0 Å². The first-order chi connectivity index (χ1) is 12.5. The van der Waals surface area contributed by atoms with Crippen LogP contribution in [0.15, 0.2) is 40.9 Å². The first-order valence-electron chi connectivity index (χ1n) is 8.14. The second kappa shape index (κ2) is 8.22. The van der Waals surface area contributed by atoms with Crippen molar-refractivity contribution in [1.29, 1.82) is 0 Å². The number of amides is 1. The van der Waals surface area contributed by atoms with Gasteiger partial charge in [-0.1, -0.05) is 28.1 Å². The van der Waals surface area contributed by atoms with Crippen molar-refractivity contribution in [2.45, 2.75) is 11.8 Å². The largest absolute Gasteiger partial charge is 0.508 e. The Kier molecular flexibility index (Phi) is 5.98. The molecule has 26 heavy (non-hydrogen) atoms. The highest BCUT2D eigenvalue weighted by molar-refractivity contribution is 9.10. The molecule has 1 aliphatic rings. The maximum atomic E-state index is 12.4. The van der Waals surface area contributed by atoms with Gasteiger partial charge in [0.1, 0.15) is 11.1 Å². The van der Waals surface area contributed by atoms with E-state index in [9.17, 15) is 9.90 Å². The van der Waals surface area contributed by atoms with E-state index in [0.29, 0.717) is 23.8 Å². The average molecular weight is 438 g/mol. The van der Waals surface area contributed by atoms with Gasteiger partial charge < -0.3 is 19.5 Å². The Labute approximate surface area is 165 Å². The minimum Gasteiger partial charge on any atom is -0.508 e. The second-order valence-corrected chi connectivity index (χ2v) is 7.82. The van der Waals surface area contributed by atoms with Crippen LogP contribution in [0, 0.1) is 0 Å². The minimum atomic E-state index is -0.0752. The molecule has 0 spiro atoms. The molecule has 1 saturated heterocycles. The lowest BCUT2D eigenvalue weighted by Gasteiger charge is -2.26. The summed E-state index contributed by atoms with van der Waals surface area (Å²) in [4.78, 5) is 14.3. The molecule has 1 heterocycles. The third-order valence-electron chi connectivity index (χ3n) is 4.31. The van der Waals surface area contributed by atoms with Crippen LogP contribution in [-0.2, 0) is 11.2 Å². The zero-order chi connectivity index (χ0) is 18.7. The Morgan fingerprint density at radius 2 is 1.85 bits per heavy atom. The fraction of sp³-hybridized carbons (Fsp3) is 0.316. The van der Waals surface area contributed by atoms with Gasteiger partial charge in [-0.25, -0.2) is 0 Å². The first-order valence-corrected chi connectivity index (χ1v) is 9.98. The van der Waals surface area contributed by atoms with Gasteiger partial charge >= 0.3 is 0 Å². The predicted molar refractivity (Wildman–Crippen MR) is 106 cm³/mol. The molecule has 0 aliphatic carbocycles. The molecular formula is C19H20BrNO4S. The van der Waals surface area contributed by atoms with Crippen LogP contribution in [0.3, 0.4) is 0 Å². The van der Waals surface area contributed by atoms with Crippen LogP contribution in [0.2, 0.25) is 0 Å². The van der Waals surface area contributed by atoms with E-state index in [1.807, 2.05) is 29.2 Å². The van der Waals surface area contributed by atoms with Crippen molar-refractivity contribution >= 4 is 33.6 Å². The molecule has 0 saturated carbocycles. The number of aromatic hydroxyl groups is 1. The molecule has 0 radical (unpaired) electrons. The van der Waals surface area contributed by atoms with E-state index in [2.05, 4.69) is 15.9 Å². The first kappa shape index (κ1) is 18.9. The molecule has 1 fully saturated rings. The van der Waals surface area contributed by atoms with E-state index < -0.39 is 0 Å². The molecule has 2 aromatic rings. The standard InChI is InChI=1S/C19H20BrNO4S/c1-24-16-9-14(15(20)10-17(16)25-2)19-21(18(23)11-26-19)8-7-12-3-5-13(22)6-4-12/h3-6,9-10,19,22H,7-8,11H2,1-2H3. The maximum Gasteiger partial charge on any atom is 0.233 e. The SMILES string of the molecule is COc1cc(Br)c(C2SCC(=O)N2CCc2ccc(O)cc2)cc1OC. The van der Waals surface area contributed by atoms with E-state index in [-0.39, 0.29) is 17.0 Å². The van der Waals surface area contributed by atoms with Gasteiger partial charge in [-0.2, -0.15) is 0 Å². The van der Waals surface area contributed by atoms with Crippen molar-refractivity contribution < 1.29 is 19.4 Å². The molecule has 1 aliphatic heterocycles. The maximum absolute atomic E-state index is 12.4. The number of ether oxygens (including phenoxy) is 2. The van der Waals surface area contributed by atoms with Gasteiger partial charge in [-0.15, -0.1) is 11.8 Å². The minimum absolute atomic E-state index is 0.0752. The summed E-state index contributed by atoms with van der Waals surface area (Å²) in [6.07, 6.45) is 0.730. The van der Waals surface area contributed by atoms with Crippen LogP contribution in [0.25, 0.3) is 0 Å². The molecular weight excluding hydrogens is 418 g/mol. The lowest BCUT2D eigenvalue weighted by atomic mass is 10.1. The van der Waals surface area contributed by atoms with Crippen molar-refractivity contribution in [2.24, 2.45) is 0 Å². The molecule has 1 amide bonds. The molecule has 138 valence electrons. The number of nitrogens with zero attached hydrogens (tertiary/aromatic N) is 1. The van der Waals surface area contributed by atoms with Gasteiger partial charge in [0.2, 0.25) is 5.91 Å². The van der Waals surface area contributed by atoms with Crippen molar-refractivity contribution in [3.05, 3.63) is 52.0 Å². The molecule has 1 unspecified atom stereocenters. The summed E-state index contributed by atoms with van der Waals surface area (Å²) < 4.78 is 11.6. The number of carbonyl (C=O) groups is 1. The van der Waals surface area contributed by atoms with E-state index in [0.717, 1.165) is 22.0 Å². The number of benzene rings is 2. The Morgan fingerprint density at radius 1 is 1.19 bits per heavy atom. The number of hydrogen-bond acceptors (Lipinski definition) is 5. The van der Waals surface area contributed by atoms with Crippen molar-refractivity contribution in [2.75, 3.05) is 26.5 Å². The van der Waals surface area contributed by atoms with Crippen LogP contribution in [0.4, 0.5) is 0 Å². The summed E-state index contributed by atoms with van der Waals surface area (Å²) in [7, 11) is 3.20. The van der Waals surface area contributed by atoms with E-state index >= 15 is 0 Å². The molecule has 5 nitrogen and oxygen atoms in total. The highest BCUT2D eigenvalue weighted by Crippen LogP contribution is 2.45. The third kappa shape index (κ3) is 3.94. The lowest BCUT2D eigenvalue weighted by Crippen LogP contribution is -2.30. The summed E-state index contributed by atoms with van der Waals surface area (Å²) in [5, 5.41) is 9.32.